The Hall–Kier alpha value is -2.37. The molecule has 0 aliphatic carbocycles. The highest BCUT2D eigenvalue weighted by atomic mass is 16.5. The number of anilines is 1. The maximum atomic E-state index is 11.3. The van der Waals surface area contributed by atoms with Crippen LogP contribution in [0.5, 0.6) is 0 Å². The Labute approximate surface area is 116 Å². The number of para-hydroxylation sites is 1. The second kappa shape index (κ2) is 4.96. The third-order valence-corrected chi connectivity index (χ3v) is 3.52. The van der Waals surface area contributed by atoms with Crippen LogP contribution in [0.4, 0.5) is 10.6 Å². The molecule has 1 amide bonds. The van der Waals surface area contributed by atoms with Crippen molar-refractivity contribution in [1.82, 2.24) is 14.9 Å². The van der Waals surface area contributed by atoms with Crippen molar-refractivity contribution in [2.75, 3.05) is 25.5 Å². The molecular weight excluding hydrogens is 256 g/mol. The van der Waals surface area contributed by atoms with E-state index in [9.17, 15) is 4.79 Å². The van der Waals surface area contributed by atoms with Crippen molar-refractivity contribution in [2.45, 2.75) is 13.0 Å². The highest BCUT2D eigenvalue weighted by Gasteiger charge is 2.31. The van der Waals surface area contributed by atoms with Gasteiger partial charge in [-0.05, 0) is 18.6 Å². The number of aryl methyl sites for hydroxylation is 1. The maximum absolute atomic E-state index is 11.3. The summed E-state index contributed by atoms with van der Waals surface area (Å²) in [4.78, 5) is 21.6. The second-order valence-corrected chi connectivity index (χ2v) is 4.91. The Morgan fingerprint density at radius 3 is 2.95 bits per heavy atom. The summed E-state index contributed by atoms with van der Waals surface area (Å²) in [7, 11) is 1.39. The minimum Gasteiger partial charge on any atom is -0.453 e. The first-order chi connectivity index (χ1) is 9.69. The SMILES string of the molecule is COC(=O)N1CC(Nc2ncnc3c(C)cccc23)C1. The Morgan fingerprint density at radius 2 is 2.20 bits per heavy atom. The smallest absolute Gasteiger partial charge is 0.409 e. The molecule has 2 heterocycles. The number of hydrogen-bond donors (Lipinski definition) is 1. The van der Waals surface area contributed by atoms with Crippen molar-refractivity contribution < 1.29 is 9.53 Å². The number of nitrogens with one attached hydrogen (secondary N) is 1. The summed E-state index contributed by atoms with van der Waals surface area (Å²) in [6.07, 6.45) is 1.28. The molecule has 0 saturated carbocycles. The number of amides is 1. The van der Waals surface area contributed by atoms with E-state index in [1.807, 2.05) is 25.1 Å². The molecule has 0 radical (unpaired) electrons. The van der Waals surface area contributed by atoms with Gasteiger partial charge in [0.25, 0.3) is 0 Å². The molecule has 0 spiro atoms. The number of fused-ring (bicyclic) bond motifs is 1. The predicted octanol–water partition coefficient (Wildman–Crippen LogP) is 1.80. The number of rotatable bonds is 2. The van der Waals surface area contributed by atoms with Crippen LogP contribution < -0.4 is 5.32 Å². The number of carbonyl (C=O) groups excluding carboxylic acids is 1. The first-order valence-corrected chi connectivity index (χ1v) is 6.49. The predicted molar refractivity (Wildman–Crippen MR) is 75.7 cm³/mol. The zero-order chi connectivity index (χ0) is 14.1. The molecule has 6 heteroatoms. The van der Waals surface area contributed by atoms with Crippen LogP contribution in [-0.2, 0) is 4.74 Å². The van der Waals surface area contributed by atoms with E-state index in [4.69, 9.17) is 0 Å². The summed E-state index contributed by atoms with van der Waals surface area (Å²) in [6, 6.07) is 6.23. The topological polar surface area (TPSA) is 67.3 Å². The highest BCUT2D eigenvalue weighted by molar-refractivity contribution is 5.91. The lowest BCUT2D eigenvalue weighted by Gasteiger charge is -2.38. The normalized spacial score (nSPS) is 15.0. The van der Waals surface area contributed by atoms with Crippen molar-refractivity contribution in [1.29, 1.82) is 0 Å². The van der Waals surface area contributed by atoms with Gasteiger partial charge in [0.15, 0.2) is 0 Å². The van der Waals surface area contributed by atoms with Gasteiger partial charge in [-0.2, -0.15) is 0 Å². The molecule has 1 aliphatic rings. The van der Waals surface area contributed by atoms with Gasteiger partial charge in [-0.25, -0.2) is 14.8 Å². The van der Waals surface area contributed by atoms with Gasteiger partial charge in [0.05, 0.1) is 18.7 Å². The van der Waals surface area contributed by atoms with Gasteiger partial charge in [-0.15, -0.1) is 0 Å². The monoisotopic (exact) mass is 272 g/mol. The molecule has 1 fully saturated rings. The van der Waals surface area contributed by atoms with Gasteiger partial charge < -0.3 is 15.0 Å². The van der Waals surface area contributed by atoms with Crippen LogP contribution in [0.2, 0.25) is 0 Å². The van der Waals surface area contributed by atoms with E-state index in [-0.39, 0.29) is 12.1 Å². The van der Waals surface area contributed by atoms with E-state index in [2.05, 4.69) is 20.0 Å². The van der Waals surface area contributed by atoms with Gasteiger partial charge >= 0.3 is 6.09 Å². The van der Waals surface area contributed by atoms with Crippen molar-refractivity contribution >= 4 is 22.8 Å². The van der Waals surface area contributed by atoms with Gasteiger partial charge in [-0.1, -0.05) is 12.1 Å². The molecule has 2 aromatic rings. The van der Waals surface area contributed by atoms with Crippen molar-refractivity contribution in [3.63, 3.8) is 0 Å². The van der Waals surface area contributed by atoms with Gasteiger partial charge in [-0.3, -0.25) is 0 Å². The van der Waals surface area contributed by atoms with Crippen LogP contribution in [0.25, 0.3) is 10.9 Å². The van der Waals surface area contributed by atoms with Crippen LogP contribution in [-0.4, -0.2) is 47.2 Å². The summed E-state index contributed by atoms with van der Waals surface area (Å²) < 4.78 is 4.67. The second-order valence-electron chi connectivity index (χ2n) is 4.91. The van der Waals surface area contributed by atoms with Crippen molar-refractivity contribution in [2.24, 2.45) is 0 Å². The zero-order valence-electron chi connectivity index (χ0n) is 11.5. The molecule has 1 N–H and O–H groups in total. The number of carbonyl (C=O) groups is 1. The third-order valence-electron chi connectivity index (χ3n) is 3.52. The van der Waals surface area contributed by atoms with Crippen LogP contribution in [0.15, 0.2) is 24.5 Å². The Bertz CT molecular complexity index is 653. The van der Waals surface area contributed by atoms with Crippen LogP contribution in [0, 0.1) is 6.92 Å². The number of methoxy groups -OCH3 is 1. The summed E-state index contributed by atoms with van der Waals surface area (Å²) in [5.41, 5.74) is 2.08. The van der Waals surface area contributed by atoms with Crippen molar-refractivity contribution in [3.8, 4) is 0 Å². The zero-order valence-corrected chi connectivity index (χ0v) is 11.5. The first-order valence-electron chi connectivity index (χ1n) is 6.49. The molecular formula is C14H16N4O2. The summed E-state index contributed by atoms with van der Waals surface area (Å²) in [5.74, 6) is 0.813. The molecule has 1 aromatic carbocycles. The Kier molecular flexibility index (Phi) is 3.14. The lowest BCUT2D eigenvalue weighted by molar-refractivity contribution is 0.0930. The lowest BCUT2D eigenvalue weighted by Crippen LogP contribution is -2.57. The maximum Gasteiger partial charge on any atom is 0.409 e. The molecule has 3 rings (SSSR count). The fraction of sp³-hybridized carbons (Fsp3) is 0.357. The average Bonchev–Trinajstić information content (AvgIpc) is 2.42. The largest absolute Gasteiger partial charge is 0.453 e. The summed E-state index contributed by atoms with van der Waals surface area (Å²) in [6.45, 7) is 3.29. The number of likely N-dealkylation sites (tertiary alicyclic amines) is 1. The number of benzene rings is 1. The molecule has 0 bridgehead atoms. The lowest BCUT2D eigenvalue weighted by atomic mass is 10.1. The molecule has 6 nitrogen and oxygen atoms in total. The van der Waals surface area contributed by atoms with E-state index in [0.717, 1.165) is 22.3 Å². The van der Waals surface area contributed by atoms with Crippen LogP contribution >= 0.6 is 0 Å². The van der Waals surface area contributed by atoms with Gasteiger partial charge in [0.2, 0.25) is 0 Å². The summed E-state index contributed by atoms with van der Waals surface area (Å²) >= 11 is 0. The van der Waals surface area contributed by atoms with E-state index in [1.165, 1.54) is 7.11 Å². The number of hydrogen-bond acceptors (Lipinski definition) is 5. The standard InChI is InChI=1S/C14H16N4O2/c1-9-4-3-5-11-12(9)15-8-16-13(11)17-10-6-18(7-10)14(19)20-2/h3-5,8,10H,6-7H2,1-2H3,(H,15,16,17). The fourth-order valence-corrected chi connectivity index (χ4v) is 2.39. The highest BCUT2D eigenvalue weighted by Crippen LogP contribution is 2.23. The van der Waals surface area contributed by atoms with Crippen LogP contribution in [0.3, 0.4) is 0 Å². The Morgan fingerprint density at radius 1 is 1.40 bits per heavy atom. The van der Waals surface area contributed by atoms with E-state index >= 15 is 0 Å². The first kappa shape index (κ1) is 12.7. The molecule has 20 heavy (non-hydrogen) atoms. The molecule has 0 atom stereocenters. The average molecular weight is 272 g/mol. The van der Waals surface area contributed by atoms with E-state index < -0.39 is 0 Å². The molecule has 1 aromatic heterocycles. The fourth-order valence-electron chi connectivity index (χ4n) is 2.39. The van der Waals surface area contributed by atoms with Gasteiger partial charge in [0.1, 0.15) is 12.1 Å². The Balaban J connectivity index is 1.77. The molecule has 1 saturated heterocycles. The molecule has 104 valence electrons. The van der Waals surface area contributed by atoms with E-state index in [0.29, 0.717) is 13.1 Å². The van der Waals surface area contributed by atoms with Crippen molar-refractivity contribution in [3.05, 3.63) is 30.1 Å². The minimum absolute atomic E-state index is 0.202. The van der Waals surface area contributed by atoms with Crippen LogP contribution in [0.1, 0.15) is 5.56 Å². The number of aromatic nitrogens is 2. The van der Waals surface area contributed by atoms with Gasteiger partial charge in [0, 0.05) is 18.5 Å². The number of nitrogens with zero attached hydrogens (tertiary/aromatic N) is 3. The molecule has 0 unspecified atom stereocenters. The molecule has 1 aliphatic heterocycles. The third kappa shape index (κ3) is 2.13. The number of ether oxygens (including phenoxy) is 1. The quantitative estimate of drug-likeness (QED) is 0.903. The minimum atomic E-state index is -0.286. The summed E-state index contributed by atoms with van der Waals surface area (Å²) in [5, 5.41) is 4.36. The van der Waals surface area contributed by atoms with E-state index in [1.54, 1.807) is 11.2 Å².